The maximum absolute atomic E-state index is 14.8. The third-order valence-corrected chi connectivity index (χ3v) is 7.39. The van der Waals surface area contributed by atoms with Crippen molar-refractivity contribution in [2.45, 2.75) is 58.0 Å². The topological polar surface area (TPSA) is 110 Å². The van der Waals surface area contributed by atoms with Crippen LogP contribution in [-0.4, -0.2) is 43.9 Å². The van der Waals surface area contributed by atoms with Gasteiger partial charge in [0.15, 0.2) is 5.82 Å². The van der Waals surface area contributed by atoms with E-state index in [2.05, 4.69) is 37.9 Å². The van der Waals surface area contributed by atoms with Gasteiger partial charge in [-0.2, -0.15) is 5.41 Å². The molecule has 1 amide bonds. The summed E-state index contributed by atoms with van der Waals surface area (Å²) < 4.78 is 20.0. The SMILES string of the molecule is COc1cnc(C)c(F)c1-c1cc(C)ncc1C(=O)Nc1nn[c-]s1.[CH2-]C12CCC(O)(CC1)CC2.[U+2]. The number of nitrogens with zero attached hydrogens (tertiary/aromatic N) is 4. The van der Waals surface area contributed by atoms with Gasteiger partial charge >= 0.3 is 31.1 Å². The average Bonchev–Trinajstić information content (AvgIpc) is 3.35. The van der Waals surface area contributed by atoms with Crippen molar-refractivity contribution < 1.29 is 50.1 Å². The monoisotopic (exact) mass is 735 g/mol. The summed E-state index contributed by atoms with van der Waals surface area (Å²) in [5.74, 6) is -0.807. The number of hydrogen-bond acceptors (Lipinski definition) is 8. The Morgan fingerprint density at radius 3 is 2.42 bits per heavy atom. The number of aryl methyl sites for hydroxylation is 2. The van der Waals surface area contributed by atoms with Gasteiger partial charge in [-0.1, -0.05) is 24.8 Å². The molecule has 36 heavy (non-hydrogen) atoms. The second-order valence-electron chi connectivity index (χ2n) is 9.35. The van der Waals surface area contributed by atoms with Gasteiger partial charge in [0, 0.05) is 17.5 Å². The number of amides is 1. The summed E-state index contributed by atoms with van der Waals surface area (Å²) in [4.78, 5) is 20.7. The number of aliphatic hydroxyl groups is 1. The first kappa shape index (κ1) is 28.6. The van der Waals surface area contributed by atoms with Crippen LogP contribution in [0.1, 0.15) is 60.3 Å². The standard InChI is InChI=1S/C16H13FN5O2S.C9H15O.U/c1-8-4-10(13-12(24-3)6-19-9(2)14(13)17)11(5-18-8)15(23)21-16-22-20-7-25-16;1-8-2-5-9(10,6-3-8)7-4-8;/h4-6H,1-3H3,(H,21,22,23);10H,1-7H2;/q2*-1;+2. The Morgan fingerprint density at radius 1 is 1.19 bits per heavy atom. The van der Waals surface area contributed by atoms with Gasteiger partial charge in [-0.25, -0.2) is 9.49 Å². The van der Waals surface area contributed by atoms with Crippen LogP contribution in [0.4, 0.5) is 9.52 Å². The Morgan fingerprint density at radius 2 is 1.86 bits per heavy atom. The maximum Gasteiger partial charge on any atom is 2.00 e. The van der Waals surface area contributed by atoms with E-state index >= 15 is 0 Å². The van der Waals surface area contributed by atoms with Crippen LogP contribution in [0.25, 0.3) is 11.1 Å². The van der Waals surface area contributed by atoms with Crippen molar-refractivity contribution in [3.8, 4) is 16.9 Å². The summed E-state index contributed by atoms with van der Waals surface area (Å²) >= 11 is 1.06. The van der Waals surface area contributed by atoms with E-state index in [1.165, 1.54) is 19.5 Å². The molecule has 3 aromatic heterocycles. The Bertz CT molecular complexity index is 1180. The molecular formula is C25H28FN5O3SU. The van der Waals surface area contributed by atoms with E-state index in [4.69, 9.17) is 4.74 Å². The number of ether oxygens (including phenoxy) is 1. The van der Waals surface area contributed by atoms with Crippen LogP contribution in [0.2, 0.25) is 0 Å². The van der Waals surface area contributed by atoms with Crippen LogP contribution in [0.5, 0.6) is 5.75 Å². The zero-order valence-corrected chi connectivity index (χ0v) is 25.5. The van der Waals surface area contributed by atoms with Crippen molar-refractivity contribution in [3.05, 3.63) is 53.7 Å². The molecule has 188 valence electrons. The molecule has 0 atom stereocenters. The molecule has 3 saturated carbocycles. The molecule has 3 aliphatic carbocycles. The Balaban J connectivity index is 0.000000273. The van der Waals surface area contributed by atoms with Crippen LogP contribution in [0.15, 0.2) is 18.5 Å². The number of fused-ring (bicyclic) bond motifs is 3. The van der Waals surface area contributed by atoms with Crippen LogP contribution in [0.3, 0.4) is 0 Å². The van der Waals surface area contributed by atoms with Gasteiger partial charge in [0.1, 0.15) is 5.75 Å². The number of aromatic nitrogens is 4. The molecule has 3 heterocycles. The average molecular weight is 736 g/mol. The van der Waals surface area contributed by atoms with E-state index in [9.17, 15) is 14.3 Å². The minimum Gasteiger partial charge on any atom is -0.494 e. The molecule has 2 bridgehead atoms. The van der Waals surface area contributed by atoms with E-state index in [-0.39, 0.29) is 64.4 Å². The fraction of sp³-hybridized carbons (Fsp3) is 0.440. The van der Waals surface area contributed by atoms with Gasteiger partial charge in [-0.05, 0) is 39.2 Å². The van der Waals surface area contributed by atoms with E-state index < -0.39 is 11.7 Å². The minimum absolute atomic E-state index is 0. The van der Waals surface area contributed by atoms with E-state index in [1.807, 2.05) is 0 Å². The quantitative estimate of drug-likeness (QED) is 0.374. The number of carbonyl (C=O) groups is 1. The summed E-state index contributed by atoms with van der Waals surface area (Å²) in [6.07, 6.45) is 9.23. The molecule has 11 heteroatoms. The van der Waals surface area contributed by atoms with Crippen molar-refractivity contribution in [1.29, 1.82) is 0 Å². The number of anilines is 1. The van der Waals surface area contributed by atoms with Crippen molar-refractivity contribution >= 4 is 22.4 Å². The summed E-state index contributed by atoms with van der Waals surface area (Å²) in [7, 11) is 1.42. The smallest absolute Gasteiger partial charge is 0.494 e. The molecule has 3 aromatic rings. The van der Waals surface area contributed by atoms with Crippen molar-refractivity contribution in [1.82, 2.24) is 20.2 Å². The van der Waals surface area contributed by atoms with Gasteiger partial charge in [-0.3, -0.25) is 31.2 Å². The normalized spacial score (nSPS) is 22.2. The predicted molar refractivity (Wildman–Crippen MR) is 131 cm³/mol. The fourth-order valence-corrected chi connectivity index (χ4v) is 4.92. The van der Waals surface area contributed by atoms with E-state index in [0.29, 0.717) is 16.7 Å². The van der Waals surface area contributed by atoms with Gasteiger partial charge < -0.3 is 22.1 Å². The summed E-state index contributed by atoms with van der Waals surface area (Å²) in [6.45, 7) is 7.50. The summed E-state index contributed by atoms with van der Waals surface area (Å²) in [6, 6.07) is 1.63. The third kappa shape index (κ3) is 6.31. The molecule has 8 nitrogen and oxygen atoms in total. The molecule has 2 N–H and O–H groups in total. The fourth-order valence-electron chi connectivity index (χ4n) is 4.53. The first-order valence-corrected chi connectivity index (χ1v) is 12.2. The Hall–Kier alpha value is -1.93. The van der Waals surface area contributed by atoms with Crippen molar-refractivity contribution in [2.24, 2.45) is 5.41 Å². The van der Waals surface area contributed by atoms with Gasteiger partial charge in [-0.15, -0.1) is 0 Å². The molecule has 3 aliphatic rings. The molecule has 0 saturated heterocycles. The zero-order valence-electron chi connectivity index (χ0n) is 20.5. The van der Waals surface area contributed by atoms with Crippen molar-refractivity contribution in [3.63, 3.8) is 0 Å². The maximum atomic E-state index is 14.8. The van der Waals surface area contributed by atoms with Crippen LogP contribution in [-0.2, 0) is 0 Å². The second kappa shape index (κ2) is 11.6. The molecule has 0 aromatic carbocycles. The van der Waals surface area contributed by atoms with Gasteiger partial charge in [0.25, 0.3) is 0 Å². The summed E-state index contributed by atoms with van der Waals surface area (Å²) in [5, 5.41) is 19.9. The first-order valence-electron chi connectivity index (χ1n) is 11.4. The third-order valence-electron chi connectivity index (χ3n) is 6.84. The number of carbonyl (C=O) groups excluding carboxylic acids is 1. The number of hydrogen-bond donors (Lipinski definition) is 2. The number of halogens is 1. The van der Waals surface area contributed by atoms with E-state index in [0.717, 1.165) is 49.9 Å². The van der Waals surface area contributed by atoms with Gasteiger partial charge in [0.05, 0.1) is 40.9 Å². The zero-order chi connectivity index (χ0) is 25.2. The van der Waals surface area contributed by atoms with Crippen LogP contribution in [0, 0.1) is 68.6 Å². The molecular weight excluding hydrogens is 707 g/mol. The minimum atomic E-state index is -0.553. The second-order valence-corrected chi connectivity index (χ2v) is 10.1. The molecule has 0 aliphatic heterocycles. The number of rotatable bonds is 4. The van der Waals surface area contributed by atoms with Gasteiger partial charge in [0.2, 0.25) is 5.91 Å². The molecule has 0 unspecified atom stereocenters. The predicted octanol–water partition coefficient (Wildman–Crippen LogP) is 4.72. The number of methoxy groups -OCH3 is 1. The number of pyridine rings is 2. The van der Waals surface area contributed by atoms with Crippen molar-refractivity contribution in [2.75, 3.05) is 12.4 Å². The summed E-state index contributed by atoms with van der Waals surface area (Å²) in [5.41, 5.74) is 4.15. The largest absolute Gasteiger partial charge is 2.00 e. The first-order chi connectivity index (χ1) is 16.6. The van der Waals surface area contributed by atoms with E-state index in [1.54, 1.807) is 19.9 Å². The molecule has 0 radical (unpaired) electrons. The van der Waals surface area contributed by atoms with Crippen LogP contribution < -0.4 is 10.1 Å². The Kier molecular flexibility index (Phi) is 9.26. The molecule has 6 rings (SSSR count). The molecule has 0 spiro atoms. The Labute approximate surface area is 237 Å². The van der Waals surface area contributed by atoms with Crippen LogP contribution >= 0.6 is 11.3 Å². The molecule has 3 fully saturated rings. The number of nitrogens with one attached hydrogen (secondary N) is 1.